The van der Waals surface area contributed by atoms with Gasteiger partial charge in [0.1, 0.15) is 5.75 Å². The SMILES string of the molecule is COCc1ccc(C)c(O)c1/C(N)=N\O. The van der Waals surface area contributed by atoms with Crippen LogP contribution in [0.1, 0.15) is 16.7 Å². The molecule has 0 radical (unpaired) electrons. The highest BCUT2D eigenvalue weighted by atomic mass is 16.5. The Balaban J connectivity index is 3.35. The lowest BCUT2D eigenvalue weighted by atomic mass is 10.0. The third-order valence-corrected chi connectivity index (χ3v) is 2.13. The van der Waals surface area contributed by atoms with Crippen LogP contribution in [0.25, 0.3) is 0 Å². The van der Waals surface area contributed by atoms with Crippen LogP contribution in [-0.4, -0.2) is 23.3 Å². The van der Waals surface area contributed by atoms with Crippen LogP contribution in [0, 0.1) is 6.92 Å². The molecule has 0 spiro atoms. The zero-order valence-corrected chi connectivity index (χ0v) is 8.69. The molecule has 4 N–H and O–H groups in total. The first kappa shape index (κ1) is 11.3. The summed E-state index contributed by atoms with van der Waals surface area (Å²) in [7, 11) is 1.53. The van der Waals surface area contributed by atoms with Crippen LogP contribution in [-0.2, 0) is 11.3 Å². The van der Waals surface area contributed by atoms with Gasteiger partial charge in [0.2, 0.25) is 0 Å². The Morgan fingerprint density at radius 3 is 2.73 bits per heavy atom. The average molecular weight is 210 g/mol. The number of aryl methyl sites for hydroxylation is 1. The minimum Gasteiger partial charge on any atom is -0.507 e. The number of phenols is 1. The molecule has 0 aliphatic rings. The highest BCUT2D eigenvalue weighted by Crippen LogP contribution is 2.25. The second kappa shape index (κ2) is 4.65. The summed E-state index contributed by atoms with van der Waals surface area (Å²) in [5.41, 5.74) is 7.14. The molecule has 0 saturated heterocycles. The van der Waals surface area contributed by atoms with Gasteiger partial charge < -0.3 is 20.8 Å². The van der Waals surface area contributed by atoms with E-state index in [0.29, 0.717) is 23.3 Å². The number of nitrogens with zero attached hydrogens (tertiary/aromatic N) is 1. The summed E-state index contributed by atoms with van der Waals surface area (Å²) in [5.74, 6) is -0.108. The molecule has 1 aromatic carbocycles. The highest BCUT2D eigenvalue weighted by Gasteiger charge is 2.14. The quantitative estimate of drug-likeness (QED) is 0.300. The van der Waals surface area contributed by atoms with Crippen molar-refractivity contribution in [2.45, 2.75) is 13.5 Å². The second-order valence-electron chi connectivity index (χ2n) is 3.18. The fourth-order valence-corrected chi connectivity index (χ4v) is 1.35. The molecule has 0 saturated carbocycles. The monoisotopic (exact) mass is 210 g/mol. The summed E-state index contributed by atoms with van der Waals surface area (Å²) in [6.45, 7) is 2.03. The zero-order chi connectivity index (χ0) is 11.4. The molecule has 1 aromatic rings. The minimum absolute atomic E-state index is 0.0138. The number of rotatable bonds is 3. The van der Waals surface area contributed by atoms with Crippen molar-refractivity contribution in [1.82, 2.24) is 0 Å². The van der Waals surface area contributed by atoms with Gasteiger partial charge in [-0.05, 0) is 18.1 Å². The number of aromatic hydroxyl groups is 1. The lowest BCUT2D eigenvalue weighted by Gasteiger charge is -2.11. The van der Waals surface area contributed by atoms with E-state index >= 15 is 0 Å². The van der Waals surface area contributed by atoms with E-state index < -0.39 is 0 Å². The van der Waals surface area contributed by atoms with E-state index in [1.807, 2.05) is 0 Å². The zero-order valence-electron chi connectivity index (χ0n) is 8.69. The molecule has 0 unspecified atom stereocenters. The van der Waals surface area contributed by atoms with Crippen LogP contribution in [0.4, 0.5) is 0 Å². The Kier molecular flexibility index (Phi) is 3.51. The Bertz CT molecular complexity index is 388. The molecule has 15 heavy (non-hydrogen) atoms. The van der Waals surface area contributed by atoms with E-state index in [1.54, 1.807) is 19.1 Å². The first-order valence-corrected chi connectivity index (χ1v) is 4.40. The van der Waals surface area contributed by atoms with Crippen LogP contribution < -0.4 is 5.73 Å². The minimum atomic E-state index is -0.122. The maximum Gasteiger partial charge on any atom is 0.174 e. The number of hydrogen-bond acceptors (Lipinski definition) is 4. The molecule has 0 heterocycles. The number of ether oxygens (including phenoxy) is 1. The van der Waals surface area contributed by atoms with Gasteiger partial charge in [-0.25, -0.2) is 0 Å². The average Bonchev–Trinajstić information content (AvgIpc) is 2.23. The predicted octanol–water partition coefficient (Wildman–Crippen LogP) is 0.942. The Labute approximate surface area is 87.8 Å². The Morgan fingerprint density at radius 1 is 1.53 bits per heavy atom. The summed E-state index contributed by atoms with van der Waals surface area (Å²) in [6, 6.07) is 3.52. The summed E-state index contributed by atoms with van der Waals surface area (Å²) >= 11 is 0. The van der Waals surface area contributed by atoms with Crippen molar-refractivity contribution in [3.63, 3.8) is 0 Å². The smallest absolute Gasteiger partial charge is 0.174 e. The van der Waals surface area contributed by atoms with Crippen LogP contribution in [0.2, 0.25) is 0 Å². The fraction of sp³-hybridized carbons (Fsp3) is 0.300. The summed E-state index contributed by atoms with van der Waals surface area (Å²) in [6.07, 6.45) is 0. The van der Waals surface area contributed by atoms with E-state index in [-0.39, 0.29) is 11.6 Å². The lowest BCUT2D eigenvalue weighted by Crippen LogP contribution is -2.16. The molecule has 0 aliphatic heterocycles. The topological polar surface area (TPSA) is 88.1 Å². The van der Waals surface area contributed by atoms with Crippen molar-refractivity contribution in [3.05, 3.63) is 28.8 Å². The van der Waals surface area contributed by atoms with Gasteiger partial charge in [-0.1, -0.05) is 17.3 Å². The van der Waals surface area contributed by atoms with E-state index in [9.17, 15) is 5.11 Å². The maximum atomic E-state index is 9.78. The Morgan fingerprint density at radius 2 is 2.20 bits per heavy atom. The second-order valence-corrected chi connectivity index (χ2v) is 3.18. The largest absolute Gasteiger partial charge is 0.507 e. The summed E-state index contributed by atoms with van der Waals surface area (Å²) in [4.78, 5) is 0. The van der Waals surface area contributed by atoms with Crippen molar-refractivity contribution in [1.29, 1.82) is 0 Å². The lowest BCUT2D eigenvalue weighted by molar-refractivity contribution is 0.184. The molecule has 0 aromatic heterocycles. The molecule has 5 heteroatoms. The van der Waals surface area contributed by atoms with Gasteiger partial charge in [-0.15, -0.1) is 0 Å². The normalized spacial score (nSPS) is 11.7. The highest BCUT2D eigenvalue weighted by molar-refractivity contribution is 6.01. The number of benzene rings is 1. The molecule has 0 amide bonds. The molecule has 0 bridgehead atoms. The predicted molar refractivity (Wildman–Crippen MR) is 56.1 cm³/mol. The van der Waals surface area contributed by atoms with Crippen molar-refractivity contribution in [2.24, 2.45) is 10.9 Å². The van der Waals surface area contributed by atoms with E-state index in [2.05, 4.69) is 5.16 Å². The van der Waals surface area contributed by atoms with Crippen molar-refractivity contribution in [3.8, 4) is 5.75 Å². The van der Waals surface area contributed by atoms with Gasteiger partial charge in [0.05, 0.1) is 12.2 Å². The molecule has 0 aliphatic carbocycles. The third kappa shape index (κ3) is 2.19. The van der Waals surface area contributed by atoms with Gasteiger partial charge >= 0.3 is 0 Å². The number of nitrogens with two attached hydrogens (primary N) is 1. The van der Waals surface area contributed by atoms with Crippen LogP contribution >= 0.6 is 0 Å². The molecular weight excluding hydrogens is 196 g/mol. The number of phenolic OH excluding ortho intramolecular Hbond substituents is 1. The van der Waals surface area contributed by atoms with E-state index in [0.717, 1.165) is 0 Å². The summed E-state index contributed by atoms with van der Waals surface area (Å²) in [5, 5.41) is 21.3. The number of amidine groups is 1. The molecular formula is C10H14N2O3. The summed E-state index contributed by atoms with van der Waals surface area (Å²) < 4.78 is 4.95. The Hall–Kier alpha value is -1.75. The first-order chi connectivity index (χ1) is 7.11. The van der Waals surface area contributed by atoms with Gasteiger partial charge in [0, 0.05) is 7.11 Å². The van der Waals surface area contributed by atoms with Gasteiger partial charge in [-0.2, -0.15) is 0 Å². The van der Waals surface area contributed by atoms with Crippen LogP contribution in [0.15, 0.2) is 17.3 Å². The van der Waals surface area contributed by atoms with Gasteiger partial charge in [0.15, 0.2) is 5.84 Å². The number of methoxy groups -OCH3 is 1. The van der Waals surface area contributed by atoms with Crippen LogP contribution in [0.5, 0.6) is 5.75 Å². The van der Waals surface area contributed by atoms with Gasteiger partial charge in [0.25, 0.3) is 0 Å². The number of hydrogen-bond donors (Lipinski definition) is 3. The molecule has 5 nitrogen and oxygen atoms in total. The van der Waals surface area contributed by atoms with Crippen LogP contribution in [0.3, 0.4) is 0 Å². The molecule has 0 fully saturated rings. The molecule has 0 atom stereocenters. The van der Waals surface area contributed by atoms with E-state index in [1.165, 1.54) is 7.11 Å². The van der Waals surface area contributed by atoms with Crippen molar-refractivity contribution in [2.75, 3.05) is 7.11 Å². The van der Waals surface area contributed by atoms with Crippen molar-refractivity contribution < 1.29 is 15.1 Å². The first-order valence-electron chi connectivity index (χ1n) is 4.40. The molecule has 82 valence electrons. The molecule has 1 rings (SSSR count). The van der Waals surface area contributed by atoms with E-state index in [4.69, 9.17) is 15.7 Å². The van der Waals surface area contributed by atoms with Gasteiger partial charge in [-0.3, -0.25) is 0 Å². The van der Waals surface area contributed by atoms with Crippen molar-refractivity contribution >= 4 is 5.84 Å². The fourth-order valence-electron chi connectivity index (χ4n) is 1.35. The maximum absolute atomic E-state index is 9.78. The third-order valence-electron chi connectivity index (χ3n) is 2.13. The standard InChI is InChI=1S/C10H14N2O3/c1-6-3-4-7(5-15-2)8(9(6)13)10(11)12-14/h3-4,13-14H,5H2,1-2H3,(H2,11,12). The number of oxime groups is 1.